The predicted octanol–water partition coefficient (Wildman–Crippen LogP) is 2.16. The van der Waals surface area contributed by atoms with Gasteiger partial charge < -0.3 is 10.0 Å². The van der Waals surface area contributed by atoms with Gasteiger partial charge in [-0.25, -0.2) is 14.2 Å². The normalized spacial score (nSPS) is 14.7. The minimum Gasteiger partial charge on any atom is -0.478 e. The Labute approximate surface area is 99.1 Å². The average molecular weight is 238 g/mol. The zero-order valence-corrected chi connectivity index (χ0v) is 9.69. The molecule has 2 rings (SSSR count). The highest BCUT2D eigenvalue weighted by Gasteiger charge is 2.26. The van der Waals surface area contributed by atoms with Gasteiger partial charge in [0.2, 0.25) is 0 Å². The summed E-state index contributed by atoms with van der Waals surface area (Å²) in [5.41, 5.74) is -0.0625. The summed E-state index contributed by atoms with van der Waals surface area (Å²) >= 11 is 0. The smallest absolute Gasteiger partial charge is 0.339 e. The Balaban J connectivity index is 2.30. The summed E-state index contributed by atoms with van der Waals surface area (Å²) in [7, 11) is 0. The van der Waals surface area contributed by atoms with Crippen molar-refractivity contribution in [2.75, 3.05) is 18.0 Å². The number of aromatic carboxylic acids is 1. The summed E-state index contributed by atoms with van der Waals surface area (Å²) in [6.45, 7) is 3.42. The third kappa shape index (κ3) is 2.72. The number of halogens is 1. The van der Waals surface area contributed by atoms with Gasteiger partial charge >= 0.3 is 5.97 Å². The molecule has 1 N–H and O–H groups in total. The second-order valence-electron chi connectivity index (χ2n) is 4.31. The lowest BCUT2D eigenvalue weighted by Gasteiger charge is -2.23. The van der Waals surface area contributed by atoms with Crippen molar-refractivity contribution >= 4 is 11.8 Å². The topological polar surface area (TPSA) is 53.4 Å². The van der Waals surface area contributed by atoms with E-state index in [0.717, 1.165) is 18.8 Å². The van der Waals surface area contributed by atoms with E-state index in [2.05, 4.69) is 4.98 Å². The molecule has 4 nitrogen and oxygen atoms in total. The number of hydrogen-bond acceptors (Lipinski definition) is 3. The number of aromatic nitrogens is 1. The fraction of sp³-hybridized carbons (Fsp3) is 0.500. The van der Waals surface area contributed by atoms with Crippen molar-refractivity contribution in [1.29, 1.82) is 0 Å². The van der Waals surface area contributed by atoms with Crippen LogP contribution in [0.3, 0.4) is 0 Å². The quantitative estimate of drug-likeness (QED) is 0.854. The maximum Gasteiger partial charge on any atom is 0.339 e. The van der Waals surface area contributed by atoms with Gasteiger partial charge in [0.25, 0.3) is 0 Å². The first-order valence-corrected chi connectivity index (χ1v) is 5.75. The first kappa shape index (κ1) is 11.8. The molecular weight excluding hydrogens is 223 g/mol. The zero-order valence-electron chi connectivity index (χ0n) is 9.69. The van der Waals surface area contributed by atoms with Crippen LogP contribution in [-0.2, 0) is 0 Å². The number of carboxylic acids is 1. The summed E-state index contributed by atoms with van der Waals surface area (Å²) in [5.74, 6) is -0.758. The second-order valence-corrected chi connectivity index (χ2v) is 4.31. The van der Waals surface area contributed by atoms with E-state index in [-0.39, 0.29) is 5.56 Å². The lowest BCUT2D eigenvalue weighted by atomic mass is 10.2. The highest BCUT2D eigenvalue weighted by atomic mass is 19.1. The van der Waals surface area contributed by atoms with Crippen LogP contribution < -0.4 is 4.90 Å². The van der Waals surface area contributed by atoms with Crippen molar-refractivity contribution in [2.24, 2.45) is 5.92 Å². The molecule has 0 bridgehead atoms. The summed E-state index contributed by atoms with van der Waals surface area (Å²) in [5, 5.41) is 9.05. The molecule has 0 spiro atoms. The van der Waals surface area contributed by atoms with E-state index in [4.69, 9.17) is 5.11 Å². The third-order valence-corrected chi connectivity index (χ3v) is 2.92. The predicted molar refractivity (Wildman–Crippen MR) is 61.8 cm³/mol. The van der Waals surface area contributed by atoms with E-state index in [1.807, 2.05) is 11.8 Å². The number of anilines is 1. The van der Waals surface area contributed by atoms with E-state index >= 15 is 0 Å². The molecule has 0 atom stereocenters. The Morgan fingerprint density at radius 3 is 2.88 bits per heavy atom. The number of rotatable bonds is 5. The van der Waals surface area contributed by atoms with Crippen LogP contribution in [0.1, 0.15) is 30.1 Å². The van der Waals surface area contributed by atoms with Crippen LogP contribution in [0.25, 0.3) is 0 Å². The minimum absolute atomic E-state index is 0.0625. The molecule has 0 saturated heterocycles. The second kappa shape index (κ2) is 4.69. The van der Waals surface area contributed by atoms with Crippen LogP contribution in [0.15, 0.2) is 12.3 Å². The van der Waals surface area contributed by atoms with Gasteiger partial charge in [-0.1, -0.05) is 0 Å². The van der Waals surface area contributed by atoms with Crippen molar-refractivity contribution in [3.05, 3.63) is 23.6 Å². The molecule has 1 aromatic heterocycles. The molecule has 1 aliphatic rings. The number of carboxylic acid groups (broad SMARTS) is 1. The molecule has 0 unspecified atom stereocenters. The molecule has 1 heterocycles. The SMILES string of the molecule is CCN(CC1CC1)c1ncc(F)cc1C(=O)O. The summed E-state index contributed by atoms with van der Waals surface area (Å²) in [6, 6.07) is 1.03. The van der Waals surface area contributed by atoms with Gasteiger partial charge in [0, 0.05) is 13.1 Å². The monoisotopic (exact) mass is 238 g/mol. The number of nitrogens with zero attached hydrogens (tertiary/aromatic N) is 2. The fourth-order valence-corrected chi connectivity index (χ4v) is 1.82. The molecular formula is C12H15FN2O2. The number of pyridine rings is 1. The van der Waals surface area contributed by atoms with E-state index in [1.54, 1.807) is 0 Å². The van der Waals surface area contributed by atoms with Gasteiger partial charge in [0.05, 0.1) is 6.20 Å². The van der Waals surface area contributed by atoms with Gasteiger partial charge in [-0.3, -0.25) is 0 Å². The maximum absolute atomic E-state index is 13.0. The van der Waals surface area contributed by atoms with Gasteiger partial charge in [0.15, 0.2) is 0 Å². The zero-order chi connectivity index (χ0) is 12.4. The molecule has 5 heteroatoms. The first-order valence-electron chi connectivity index (χ1n) is 5.75. The third-order valence-electron chi connectivity index (χ3n) is 2.92. The van der Waals surface area contributed by atoms with Crippen LogP contribution in [0.2, 0.25) is 0 Å². The summed E-state index contributed by atoms with van der Waals surface area (Å²) < 4.78 is 13.0. The standard InChI is InChI=1S/C12H15FN2O2/c1-2-15(7-8-3-4-8)11-10(12(16)17)5-9(13)6-14-11/h5-6,8H,2-4,7H2,1H3,(H,16,17). The lowest BCUT2D eigenvalue weighted by Crippen LogP contribution is -2.28. The Bertz CT molecular complexity index is 433. The lowest BCUT2D eigenvalue weighted by molar-refractivity contribution is 0.0696. The fourth-order valence-electron chi connectivity index (χ4n) is 1.82. The van der Waals surface area contributed by atoms with Gasteiger partial charge in [0.1, 0.15) is 17.2 Å². The maximum atomic E-state index is 13.0. The molecule has 92 valence electrons. The summed E-state index contributed by atoms with van der Waals surface area (Å²) in [4.78, 5) is 16.9. The Morgan fingerprint density at radius 2 is 2.35 bits per heavy atom. The highest BCUT2D eigenvalue weighted by Crippen LogP contribution is 2.31. The van der Waals surface area contributed by atoms with Crippen molar-refractivity contribution in [1.82, 2.24) is 4.98 Å². The highest BCUT2D eigenvalue weighted by molar-refractivity contribution is 5.93. The van der Waals surface area contributed by atoms with Gasteiger partial charge in [-0.05, 0) is 31.7 Å². The van der Waals surface area contributed by atoms with Gasteiger partial charge in [-0.15, -0.1) is 0 Å². The van der Waals surface area contributed by atoms with Crippen LogP contribution in [-0.4, -0.2) is 29.1 Å². The molecule has 1 aliphatic carbocycles. The molecule has 0 amide bonds. The van der Waals surface area contributed by atoms with Crippen molar-refractivity contribution < 1.29 is 14.3 Å². The number of hydrogen-bond donors (Lipinski definition) is 1. The molecule has 0 radical (unpaired) electrons. The molecule has 1 fully saturated rings. The van der Waals surface area contributed by atoms with Gasteiger partial charge in [-0.2, -0.15) is 0 Å². The molecule has 1 aromatic rings. The van der Waals surface area contributed by atoms with Crippen LogP contribution in [0.5, 0.6) is 0 Å². The molecule has 1 saturated carbocycles. The van der Waals surface area contributed by atoms with Crippen LogP contribution in [0.4, 0.5) is 10.2 Å². The molecule has 17 heavy (non-hydrogen) atoms. The Morgan fingerprint density at radius 1 is 1.65 bits per heavy atom. The van der Waals surface area contributed by atoms with Crippen LogP contribution in [0, 0.1) is 11.7 Å². The van der Waals surface area contributed by atoms with E-state index in [1.165, 1.54) is 12.8 Å². The van der Waals surface area contributed by atoms with Crippen molar-refractivity contribution in [2.45, 2.75) is 19.8 Å². The largest absolute Gasteiger partial charge is 0.478 e. The van der Waals surface area contributed by atoms with Crippen molar-refractivity contribution in [3.8, 4) is 0 Å². The van der Waals surface area contributed by atoms with Crippen molar-refractivity contribution in [3.63, 3.8) is 0 Å². The Hall–Kier alpha value is -1.65. The summed E-state index contributed by atoms with van der Waals surface area (Å²) in [6.07, 6.45) is 3.43. The number of carbonyl (C=O) groups is 1. The Kier molecular flexibility index (Phi) is 3.26. The van der Waals surface area contributed by atoms with Crippen LogP contribution >= 0.6 is 0 Å². The first-order chi connectivity index (χ1) is 8.11. The molecule has 0 aliphatic heterocycles. The minimum atomic E-state index is -1.14. The average Bonchev–Trinajstić information content (AvgIpc) is 3.10. The van der Waals surface area contributed by atoms with E-state index < -0.39 is 11.8 Å². The van der Waals surface area contributed by atoms with E-state index in [9.17, 15) is 9.18 Å². The molecule has 0 aromatic carbocycles. The van der Waals surface area contributed by atoms with E-state index in [0.29, 0.717) is 18.3 Å².